The monoisotopic (exact) mass is 235 g/mol. The minimum Gasteiger partial charge on any atom is -0.396 e. The molecule has 0 radical (unpaired) electrons. The molecule has 0 bridgehead atoms. The van der Waals surface area contributed by atoms with Crippen LogP contribution in [-0.4, -0.2) is 18.3 Å². The molecule has 1 atom stereocenters. The van der Waals surface area contributed by atoms with Crippen LogP contribution in [0.4, 0.5) is 0 Å². The van der Waals surface area contributed by atoms with Crippen LogP contribution in [0.1, 0.15) is 44.4 Å². The molecule has 0 aliphatic heterocycles. The van der Waals surface area contributed by atoms with Gasteiger partial charge >= 0.3 is 0 Å². The van der Waals surface area contributed by atoms with Gasteiger partial charge in [-0.3, -0.25) is 0 Å². The van der Waals surface area contributed by atoms with Crippen LogP contribution in [0.25, 0.3) is 0 Å². The standard InChI is InChI=1S/C15H25NO/c1-12-8-5-6-9-13(12)14(15(2,3)4)16-10-7-11-17/h5-6,8-9,14,16-17H,7,10-11H2,1-4H3. The Balaban J connectivity index is 2.87. The van der Waals surface area contributed by atoms with E-state index in [4.69, 9.17) is 5.11 Å². The molecule has 2 nitrogen and oxygen atoms in total. The zero-order valence-electron chi connectivity index (χ0n) is 11.5. The van der Waals surface area contributed by atoms with E-state index in [-0.39, 0.29) is 12.0 Å². The van der Waals surface area contributed by atoms with Crippen molar-refractivity contribution in [3.63, 3.8) is 0 Å². The Hall–Kier alpha value is -0.860. The van der Waals surface area contributed by atoms with Crippen LogP contribution >= 0.6 is 0 Å². The smallest absolute Gasteiger partial charge is 0.0443 e. The lowest BCUT2D eigenvalue weighted by Gasteiger charge is -2.33. The molecule has 1 rings (SSSR count). The van der Waals surface area contributed by atoms with E-state index in [0.717, 1.165) is 13.0 Å². The third kappa shape index (κ3) is 4.14. The highest BCUT2D eigenvalue weighted by Gasteiger charge is 2.26. The summed E-state index contributed by atoms with van der Waals surface area (Å²) >= 11 is 0. The molecular formula is C15H25NO. The maximum absolute atomic E-state index is 8.87. The van der Waals surface area contributed by atoms with Gasteiger partial charge in [-0.2, -0.15) is 0 Å². The van der Waals surface area contributed by atoms with Crippen molar-refractivity contribution in [1.82, 2.24) is 5.32 Å². The lowest BCUT2D eigenvalue weighted by molar-refractivity contribution is 0.248. The number of hydrogen-bond donors (Lipinski definition) is 2. The van der Waals surface area contributed by atoms with Gasteiger partial charge in [0.25, 0.3) is 0 Å². The van der Waals surface area contributed by atoms with Crippen LogP contribution in [0, 0.1) is 12.3 Å². The molecule has 0 aliphatic rings. The van der Waals surface area contributed by atoms with Crippen molar-refractivity contribution in [2.75, 3.05) is 13.2 Å². The minimum absolute atomic E-state index is 0.168. The first-order valence-corrected chi connectivity index (χ1v) is 6.36. The summed E-state index contributed by atoms with van der Waals surface area (Å²) in [6, 6.07) is 8.84. The number of benzene rings is 1. The van der Waals surface area contributed by atoms with Gasteiger partial charge in [0, 0.05) is 12.6 Å². The van der Waals surface area contributed by atoms with Gasteiger partial charge in [0.2, 0.25) is 0 Å². The van der Waals surface area contributed by atoms with E-state index in [2.05, 4.69) is 57.3 Å². The molecule has 1 unspecified atom stereocenters. The average Bonchev–Trinajstić information content (AvgIpc) is 2.24. The molecule has 0 fully saturated rings. The van der Waals surface area contributed by atoms with Crippen molar-refractivity contribution in [3.8, 4) is 0 Å². The molecule has 17 heavy (non-hydrogen) atoms. The Morgan fingerprint density at radius 3 is 2.41 bits per heavy atom. The summed E-state index contributed by atoms with van der Waals surface area (Å²) in [5.41, 5.74) is 2.85. The zero-order chi connectivity index (χ0) is 12.9. The number of rotatable bonds is 5. The molecular weight excluding hydrogens is 210 g/mol. The fourth-order valence-electron chi connectivity index (χ4n) is 2.12. The first kappa shape index (κ1) is 14.2. The first-order valence-electron chi connectivity index (χ1n) is 6.36. The quantitative estimate of drug-likeness (QED) is 0.769. The highest BCUT2D eigenvalue weighted by Crippen LogP contribution is 2.34. The van der Waals surface area contributed by atoms with Crippen LogP contribution in [0.2, 0.25) is 0 Å². The zero-order valence-corrected chi connectivity index (χ0v) is 11.5. The molecule has 0 aliphatic carbocycles. The second kappa shape index (κ2) is 6.18. The van der Waals surface area contributed by atoms with Gasteiger partial charge in [-0.25, -0.2) is 0 Å². The Bertz CT molecular complexity index is 341. The number of aliphatic hydroxyl groups is 1. The van der Waals surface area contributed by atoms with Crippen LogP contribution in [-0.2, 0) is 0 Å². The molecule has 2 N–H and O–H groups in total. The van der Waals surface area contributed by atoms with E-state index in [1.54, 1.807) is 0 Å². The Morgan fingerprint density at radius 1 is 1.24 bits per heavy atom. The largest absolute Gasteiger partial charge is 0.396 e. The molecule has 0 saturated heterocycles. The molecule has 0 saturated carbocycles. The third-order valence-electron chi connectivity index (χ3n) is 3.05. The Morgan fingerprint density at radius 2 is 1.88 bits per heavy atom. The Labute approximate surface area is 105 Å². The lowest BCUT2D eigenvalue weighted by Crippen LogP contribution is -2.33. The fourth-order valence-corrected chi connectivity index (χ4v) is 2.12. The molecule has 2 heteroatoms. The van der Waals surface area contributed by atoms with E-state index in [1.807, 2.05) is 0 Å². The van der Waals surface area contributed by atoms with Crippen LogP contribution in [0.5, 0.6) is 0 Å². The molecule has 96 valence electrons. The SMILES string of the molecule is Cc1ccccc1C(NCCCO)C(C)(C)C. The lowest BCUT2D eigenvalue weighted by atomic mass is 9.81. The van der Waals surface area contributed by atoms with E-state index >= 15 is 0 Å². The van der Waals surface area contributed by atoms with Crippen molar-refractivity contribution in [2.45, 2.75) is 40.2 Å². The van der Waals surface area contributed by atoms with Crippen molar-refractivity contribution < 1.29 is 5.11 Å². The molecule has 1 aromatic carbocycles. The normalized spacial score (nSPS) is 13.7. The second-order valence-corrected chi connectivity index (χ2v) is 5.69. The summed E-state index contributed by atoms with van der Waals surface area (Å²) < 4.78 is 0. The molecule has 0 spiro atoms. The van der Waals surface area contributed by atoms with Gasteiger partial charge in [0.05, 0.1) is 0 Å². The second-order valence-electron chi connectivity index (χ2n) is 5.69. The van der Waals surface area contributed by atoms with Crippen LogP contribution < -0.4 is 5.32 Å². The van der Waals surface area contributed by atoms with Crippen molar-refractivity contribution in [1.29, 1.82) is 0 Å². The first-order chi connectivity index (χ1) is 7.96. The van der Waals surface area contributed by atoms with Crippen molar-refractivity contribution >= 4 is 0 Å². The molecule has 0 aromatic heterocycles. The van der Waals surface area contributed by atoms with E-state index in [0.29, 0.717) is 6.04 Å². The molecule has 0 heterocycles. The van der Waals surface area contributed by atoms with Gasteiger partial charge in [-0.15, -0.1) is 0 Å². The van der Waals surface area contributed by atoms with E-state index in [9.17, 15) is 0 Å². The van der Waals surface area contributed by atoms with Crippen LogP contribution in [0.15, 0.2) is 24.3 Å². The predicted octanol–water partition coefficient (Wildman–Crippen LogP) is 3.05. The van der Waals surface area contributed by atoms with Crippen molar-refractivity contribution in [3.05, 3.63) is 35.4 Å². The summed E-state index contributed by atoms with van der Waals surface area (Å²) in [4.78, 5) is 0. The predicted molar refractivity (Wildman–Crippen MR) is 73.1 cm³/mol. The van der Waals surface area contributed by atoms with Gasteiger partial charge in [-0.1, -0.05) is 45.0 Å². The highest BCUT2D eigenvalue weighted by atomic mass is 16.3. The van der Waals surface area contributed by atoms with Crippen molar-refractivity contribution in [2.24, 2.45) is 5.41 Å². The number of aryl methyl sites for hydroxylation is 1. The summed E-state index contributed by atoms with van der Waals surface area (Å²) in [5, 5.41) is 12.4. The van der Waals surface area contributed by atoms with Gasteiger partial charge in [0.15, 0.2) is 0 Å². The topological polar surface area (TPSA) is 32.3 Å². The number of hydrogen-bond acceptors (Lipinski definition) is 2. The average molecular weight is 235 g/mol. The highest BCUT2D eigenvalue weighted by molar-refractivity contribution is 5.29. The van der Waals surface area contributed by atoms with Gasteiger partial charge < -0.3 is 10.4 Å². The fraction of sp³-hybridized carbons (Fsp3) is 0.600. The summed E-state index contributed by atoms with van der Waals surface area (Å²) in [6.45, 7) is 9.99. The Kier molecular flexibility index (Phi) is 5.16. The maximum atomic E-state index is 8.87. The van der Waals surface area contributed by atoms with Crippen LogP contribution in [0.3, 0.4) is 0 Å². The summed E-state index contributed by atoms with van der Waals surface area (Å²) in [5.74, 6) is 0. The summed E-state index contributed by atoms with van der Waals surface area (Å²) in [7, 11) is 0. The van der Waals surface area contributed by atoms with E-state index < -0.39 is 0 Å². The van der Waals surface area contributed by atoms with Gasteiger partial charge in [-0.05, 0) is 36.4 Å². The molecule has 0 amide bonds. The van der Waals surface area contributed by atoms with Gasteiger partial charge in [0.1, 0.15) is 0 Å². The van der Waals surface area contributed by atoms with E-state index in [1.165, 1.54) is 11.1 Å². The minimum atomic E-state index is 0.168. The molecule has 1 aromatic rings. The third-order valence-corrected chi connectivity index (χ3v) is 3.05. The number of aliphatic hydroxyl groups excluding tert-OH is 1. The summed E-state index contributed by atoms with van der Waals surface area (Å²) in [6.07, 6.45) is 0.804. The maximum Gasteiger partial charge on any atom is 0.0443 e. The number of nitrogens with one attached hydrogen (secondary N) is 1.